The lowest BCUT2D eigenvalue weighted by Crippen LogP contribution is -2.02. The molecule has 5 aromatic rings. The lowest BCUT2D eigenvalue weighted by Gasteiger charge is -2.09. The molecule has 0 bridgehead atoms. The van der Waals surface area contributed by atoms with Gasteiger partial charge in [-0.15, -0.1) is 0 Å². The van der Waals surface area contributed by atoms with Gasteiger partial charge in [0, 0.05) is 17.3 Å². The van der Waals surface area contributed by atoms with Crippen LogP contribution in [0, 0.1) is 5.82 Å². The molecule has 2 N–H and O–H groups in total. The molecule has 0 radical (unpaired) electrons. The maximum absolute atomic E-state index is 14.6. The third-order valence-corrected chi connectivity index (χ3v) is 4.66. The second-order valence-corrected chi connectivity index (χ2v) is 6.30. The van der Waals surface area contributed by atoms with Gasteiger partial charge in [0.05, 0.1) is 18.6 Å². The molecule has 0 saturated heterocycles. The molecule has 6 nitrogen and oxygen atoms in total. The number of pyridine rings is 1. The van der Waals surface area contributed by atoms with Crippen LogP contribution in [0.3, 0.4) is 0 Å². The summed E-state index contributed by atoms with van der Waals surface area (Å²) in [6, 6.07) is 14.7. The zero-order valence-corrected chi connectivity index (χ0v) is 14.2. The SMILES string of the molecule is Nc1ncnc2c1ncn2Cc1cc2ccccn2c1-c1ccccc1F. The van der Waals surface area contributed by atoms with E-state index in [0.717, 1.165) is 16.8 Å². The van der Waals surface area contributed by atoms with Crippen molar-refractivity contribution in [1.82, 2.24) is 23.9 Å². The molecule has 0 aliphatic heterocycles. The number of nitrogens with two attached hydrogens (primary N) is 1. The third kappa shape index (κ3) is 2.43. The van der Waals surface area contributed by atoms with E-state index in [2.05, 4.69) is 21.0 Å². The van der Waals surface area contributed by atoms with Crippen molar-refractivity contribution in [3.8, 4) is 11.3 Å². The Hall–Kier alpha value is -3.74. The molecule has 1 aromatic carbocycles. The number of hydrogen-bond donors (Lipinski definition) is 1. The predicted octanol–water partition coefficient (Wildman–Crippen LogP) is 3.52. The standard InChI is InChI=1S/C20H15FN6/c21-16-7-2-1-6-15(16)18-13(9-14-5-3-4-8-27(14)18)10-26-12-25-17-19(22)23-11-24-20(17)26/h1-9,11-12H,10H2,(H2,22,23,24). The van der Waals surface area contributed by atoms with Crippen molar-refractivity contribution in [1.29, 1.82) is 0 Å². The van der Waals surface area contributed by atoms with Crippen LogP contribution < -0.4 is 5.73 Å². The second kappa shape index (κ2) is 5.91. The fourth-order valence-corrected chi connectivity index (χ4v) is 3.45. The van der Waals surface area contributed by atoms with E-state index in [-0.39, 0.29) is 5.82 Å². The molecule has 0 unspecified atom stereocenters. The molecule has 0 spiro atoms. The molecule has 0 atom stereocenters. The molecule has 27 heavy (non-hydrogen) atoms. The molecule has 4 aromatic heterocycles. The van der Waals surface area contributed by atoms with Crippen molar-refractivity contribution in [3.05, 3.63) is 78.8 Å². The topological polar surface area (TPSA) is 74.0 Å². The molecule has 0 saturated carbocycles. The van der Waals surface area contributed by atoms with E-state index in [0.29, 0.717) is 29.1 Å². The number of aromatic nitrogens is 5. The Bertz CT molecular complexity index is 1290. The van der Waals surface area contributed by atoms with E-state index >= 15 is 0 Å². The first-order valence-corrected chi connectivity index (χ1v) is 8.47. The highest BCUT2D eigenvalue weighted by Gasteiger charge is 2.17. The first kappa shape index (κ1) is 15.5. The number of imidazole rings is 1. The molecule has 0 aliphatic rings. The number of nitrogen functional groups attached to an aromatic ring is 1. The van der Waals surface area contributed by atoms with Crippen molar-refractivity contribution in [2.75, 3.05) is 5.73 Å². The van der Waals surface area contributed by atoms with Crippen LogP contribution in [0.4, 0.5) is 10.2 Å². The Morgan fingerprint density at radius 2 is 1.85 bits per heavy atom. The molecule has 0 fully saturated rings. The van der Waals surface area contributed by atoms with Crippen LogP contribution in [0.2, 0.25) is 0 Å². The Labute approximate surface area is 153 Å². The summed E-state index contributed by atoms with van der Waals surface area (Å²) in [6.45, 7) is 0.484. The van der Waals surface area contributed by atoms with Crippen LogP contribution in [-0.4, -0.2) is 23.9 Å². The first-order valence-electron chi connectivity index (χ1n) is 8.47. The summed E-state index contributed by atoms with van der Waals surface area (Å²) in [5.41, 5.74) is 10.4. The summed E-state index contributed by atoms with van der Waals surface area (Å²) < 4.78 is 18.5. The maximum Gasteiger partial charge on any atom is 0.165 e. The van der Waals surface area contributed by atoms with Crippen molar-refractivity contribution >= 4 is 22.5 Å². The molecule has 0 aliphatic carbocycles. The van der Waals surface area contributed by atoms with Gasteiger partial charge in [-0.3, -0.25) is 0 Å². The Morgan fingerprint density at radius 1 is 1.00 bits per heavy atom. The number of rotatable bonds is 3. The van der Waals surface area contributed by atoms with Gasteiger partial charge in [-0.2, -0.15) is 0 Å². The highest BCUT2D eigenvalue weighted by molar-refractivity contribution is 5.81. The van der Waals surface area contributed by atoms with Crippen molar-refractivity contribution < 1.29 is 4.39 Å². The fraction of sp³-hybridized carbons (Fsp3) is 0.0500. The van der Waals surface area contributed by atoms with Crippen LogP contribution in [0.1, 0.15) is 5.56 Å². The summed E-state index contributed by atoms with van der Waals surface area (Å²) >= 11 is 0. The molecule has 0 amide bonds. The zero-order valence-electron chi connectivity index (χ0n) is 14.2. The number of fused-ring (bicyclic) bond motifs is 2. The van der Waals surface area contributed by atoms with E-state index in [9.17, 15) is 4.39 Å². The molecule has 7 heteroatoms. The van der Waals surface area contributed by atoms with Gasteiger partial charge in [0.15, 0.2) is 11.5 Å². The largest absolute Gasteiger partial charge is 0.382 e. The van der Waals surface area contributed by atoms with Gasteiger partial charge >= 0.3 is 0 Å². The summed E-state index contributed by atoms with van der Waals surface area (Å²) in [6.07, 6.45) is 5.04. The Balaban J connectivity index is 1.72. The third-order valence-electron chi connectivity index (χ3n) is 4.66. The van der Waals surface area contributed by atoms with Crippen LogP contribution in [-0.2, 0) is 6.54 Å². The number of nitrogens with zero attached hydrogens (tertiary/aromatic N) is 5. The van der Waals surface area contributed by atoms with E-state index < -0.39 is 0 Å². The summed E-state index contributed by atoms with van der Waals surface area (Å²) in [4.78, 5) is 12.6. The summed E-state index contributed by atoms with van der Waals surface area (Å²) in [7, 11) is 0. The highest BCUT2D eigenvalue weighted by Crippen LogP contribution is 2.31. The zero-order chi connectivity index (χ0) is 18.4. The summed E-state index contributed by atoms with van der Waals surface area (Å²) in [5, 5.41) is 0. The van der Waals surface area contributed by atoms with Crippen LogP contribution in [0.25, 0.3) is 27.9 Å². The molecular weight excluding hydrogens is 343 g/mol. The van der Waals surface area contributed by atoms with Gasteiger partial charge < -0.3 is 14.7 Å². The van der Waals surface area contributed by atoms with Gasteiger partial charge in [-0.1, -0.05) is 18.2 Å². The molecule has 5 rings (SSSR count). The average molecular weight is 358 g/mol. The average Bonchev–Trinajstić information content (AvgIpc) is 3.25. The van der Waals surface area contributed by atoms with Crippen molar-refractivity contribution in [3.63, 3.8) is 0 Å². The van der Waals surface area contributed by atoms with Gasteiger partial charge in [0.2, 0.25) is 0 Å². The van der Waals surface area contributed by atoms with Crippen molar-refractivity contribution in [2.24, 2.45) is 0 Å². The number of anilines is 1. The number of halogens is 1. The van der Waals surface area contributed by atoms with Crippen molar-refractivity contribution in [2.45, 2.75) is 6.54 Å². The minimum Gasteiger partial charge on any atom is -0.382 e. The smallest absolute Gasteiger partial charge is 0.165 e. The van der Waals surface area contributed by atoms with E-state index in [1.54, 1.807) is 18.5 Å². The fourth-order valence-electron chi connectivity index (χ4n) is 3.45. The quantitative estimate of drug-likeness (QED) is 0.536. The van der Waals surface area contributed by atoms with Crippen LogP contribution >= 0.6 is 0 Å². The lowest BCUT2D eigenvalue weighted by atomic mass is 10.1. The number of hydrogen-bond acceptors (Lipinski definition) is 4. The normalized spacial score (nSPS) is 11.4. The van der Waals surface area contributed by atoms with Crippen LogP contribution in [0.5, 0.6) is 0 Å². The highest BCUT2D eigenvalue weighted by atomic mass is 19.1. The first-order chi connectivity index (χ1) is 13.2. The summed E-state index contributed by atoms with van der Waals surface area (Å²) in [5.74, 6) is 0.0831. The molecule has 132 valence electrons. The van der Waals surface area contributed by atoms with E-state index in [1.165, 1.54) is 12.4 Å². The number of benzene rings is 1. The Morgan fingerprint density at radius 3 is 2.74 bits per heavy atom. The van der Waals surface area contributed by atoms with Gasteiger partial charge in [0.25, 0.3) is 0 Å². The monoisotopic (exact) mass is 358 g/mol. The minimum atomic E-state index is -0.260. The van der Waals surface area contributed by atoms with E-state index in [4.69, 9.17) is 5.73 Å². The van der Waals surface area contributed by atoms with Gasteiger partial charge in [-0.05, 0) is 35.9 Å². The van der Waals surface area contributed by atoms with E-state index in [1.807, 2.05) is 39.4 Å². The maximum atomic E-state index is 14.6. The minimum absolute atomic E-state index is 0.260. The van der Waals surface area contributed by atoms with Crippen LogP contribution in [0.15, 0.2) is 67.4 Å². The Kier molecular flexibility index (Phi) is 3.39. The molecular formula is C20H15FN6. The van der Waals surface area contributed by atoms with Gasteiger partial charge in [-0.25, -0.2) is 19.3 Å². The molecule has 4 heterocycles. The van der Waals surface area contributed by atoms with Gasteiger partial charge in [0.1, 0.15) is 17.7 Å². The lowest BCUT2D eigenvalue weighted by molar-refractivity contribution is 0.630. The second-order valence-electron chi connectivity index (χ2n) is 6.30. The predicted molar refractivity (Wildman–Crippen MR) is 102 cm³/mol.